The van der Waals surface area contributed by atoms with E-state index < -0.39 is 0 Å². The molecule has 1 fully saturated rings. The molecule has 144 valence electrons. The molecule has 2 aromatic carbocycles. The summed E-state index contributed by atoms with van der Waals surface area (Å²) < 4.78 is 0. The maximum Gasteiger partial charge on any atom is 0.270 e. The molecule has 2 amide bonds. The van der Waals surface area contributed by atoms with Crippen LogP contribution in [-0.4, -0.2) is 29.8 Å². The van der Waals surface area contributed by atoms with Crippen LogP contribution in [0, 0.1) is 0 Å². The SMILES string of the molecule is O=C(N/C(=C/C=C/c1ccccc1)C(=O)N1CCCCCC1)c1ccccc1. The van der Waals surface area contributed by atoms with E-state index in [1.54, 1.807) is 18.2 Å². The van der Waals surface area contributed by atoms with Gasteiger partial charge in [0.15, 0.2) is 0 Å². The van der Waals surface area contributed by atoms with Crippen molar-refractivity contribution in [1.82, 2.24) is 10.2 Å². The van der Waals surface area contributed by atoms with Gasteiger partial charge in [0.05, 0.1) is 0 Å². The van der Waals surface area contributed by atoms with E-state index in [0.717, 1.165) is 44.3 Å². The van der Waals surface area contributed by atoms with Crippen LogP contribution in [-0.2, 0) is 4.79 Å². The fourth-order valence-electron chi connectivity index (χ4n) is 3.21. The zero-order valence-electron chi connectivity index (χ0n) is 16.0. The van der Waals surface area contributed by atoms with Crippen LogP contribution in [0.3, 0.4) is 0 Å². The second-order valence-corrected chi connectivity index (χ2v) is 6.88. The molecule has 28 heavy (non-hydrogen) atoms. The predicted molar refractivity (Wildman–Crippen MR) is 113 cm³/mol. The number of carbonyl (C=O) groups is 2. The van der Waals surface area contributed by atoms with Gasteiger partial charge in [-0.2, -0.15) is 0 Å². The maximum atomic E-state index is 13.1. The van der Waals surface area contributed by atoms with Crippen molar-refractivity contribution in [2.75, 3.05) is 13.1 Å². The van der Waals surface area contributed by atoms with Gasteiger partial charge in [0.2, 0.25) is 0 Å². The normalized spacial score (nSPS) is 15.3. The fraction of sp³-hybridized carbons (Fsp3) is 0.250. The standard InChI is InChI=1S/C24H26N2O2/c27-23(21-15-7-4-8-16-21)25-22(17-11-14-20-12-5-3-6-13-20)24(28)26-18-9-1-2-10-19-26/h3-8,11-17H,1-2,9-10,18-19H2,(H,25,27)/b14-11+,22-17+. The first-order valence-electron chi connectivity index (χ1n) is 9.83. The number of rotatable bonds is 5. The second kappa shape index (κ2) is 10.3. The summed E-state index contributed by atoms with van der Waals surface area (Å²) in [5, 5.41) is 2.82. The Morgan fingerprint density at radius 2 is 1.43 bits per heavy atom. The van der Waals surface area contributed by atoms with Crippen molar-refractivity contribution in [3.8, 4) is 0 Å². The fourth-order valence-corrected chi connectivity index (χ4v) is 3.21. The number of carbonyl (C=O) groups excluding carboxylic acids is 2. The van der Waals surface area contributed by atoms with Crippen molar-refractivity contribution in [3.05, 3.63) is 89.6 Å². The molecular formula is C24H26N2O2. The Kier molecular flexibility index (Phi) is 7.19. The maximum absolute atomic E-state index is 13.1. The van der Waals surface area contributed by atoms with Gasteiger partial charge in [0.1, 0.15) is 5.70 Å². The molecular weight excluding hydrogens is 348 g/mol. The Hall–Kier alpha value is -3.14. The third kappa shape index (κ3) is 5.68. The molecule has 1 heterocycles. The summed E-state index contributed by atoms with van der Waals surface area (Å²) in [6, 6.07) is 18.8. The highest BCUT2D eigenvalue weighted by Crippen LogP contribution is 2.13. The number of nitrogens with zero attached hydrogens (tertiary/aromatic N) is 1. The minimum Gasteiger partial charge on any atom is -0.337 e. The lowest BCUT2D eigenvalue weighted by Gasteiger charge is -2.22. The molecule has 0 unspecified atom stereocenters. The first-order chi connectivity index (χ1) is 13.7. The van der Waals surface area contributed by atoms with E-state index in [4.69, 9.17) is 0 Å². The van der Waals surface area contributed by atoms with Crippen LogP contribution in [0.15, 0.2) is 78.5 Å². The monoisotopic (exact) mass is 374 g/mol. The zero-order valence-corrected chi connectivity index (χ0v) is 16.0. The summed E-state index contributed by atoms with van der Waals surface area (Å²) in [5.41, 5.74) is 1.88. The predicted octanol–water partition coefficient (Wildman–Crippen LogP) is 4.42. The third-order valence-electron chi connectivity index (χ3n) is 4.76. The molecule has 0 saturated carbocycles. The lowest BCUT2D eigenvalue weighted by Crippen LogP contribution is -2.39. The smallest absolute Gasteiger partial charge is 0.270 e. The van der Waals surface area contributed by atoms with E-state index in [-0.39, 0.29) is 11.8 Å². The highest BCUT2D eigenvalue weighted by molar-refractivity contribution is 6.03. The summed E-state index contributed by atoms with van der Waals surface area (Å²) in [6.07, 6.45) is 9.73. The van der Waals surface area contributed by atoms with Crippen LogP contribution < -0.4 is 5.32 Å². The van der Waals surface area contributed by atoms with E-state index in [9.17, 15) is 9.59 Å². The van der Waals surface area contributed by atoms with Crippen molar-refractivity contribution in [2.45, 2.75) is 25.7 Å². The van der Waals surface area contributed by atoms with Crippen LogP contribution in [0.1, 0.15) is 41.6 Å². The van der Waals surface area contributed by atoms with E-state index in [2.05, 4.69) is 5.32 Å². The Morgan fingerprint density at radius 3 is 2.07 bits per heavy atom. The Bertz CT molecular complexity index is 833. The lowest BCUT2D eigenvalue weighted by atomic mass is 10.2. The first kappa shape index (κ1) is 19.6. The number of hydrogen-bond donors (Lipinski definition) is 1. The van der Waals surface area contributed by atoms with Crippen molar-refractivity contribution in [1.29, 1.82) is 0 Å². The molecule has 0 atom stereocenters. The van der Waals surface area contributed by atoms with Gasteiger partial charge in [-0.1, -0.05) is 73.5 Å². The molecule has 3 rings (SSSR count). The lowest BCUT2D eigenvalue weighted by molar-refractivity contribution is -0.127. The quantitative estimate of drug-likeness (QED) is 0.622. The Labute approximate surface area is 166 Å². The summed E-state index contributed by atoms with van der Waals surface area (Å²) in [7, 11) is 0. The Morgan fingerprint density at radius 1 is 0.821 bits per heavy atom. The molecule has 1 aliphatic heterocycles. The molecule has 0 bridgehead atoms. The number of allylic oxidation sites excluding steroid dienone is 2. The molecule has 1 N–H and O–H groups in total. The molecule has 1 aliphatic rings. The highest BCUT2D eigenvalue weighted by Gasteiger charge is 2.21. The van der Waals surface area contributed by atoms with Crippen molar-refractivity contribution in [3.63, 3.8) is 0 Å². The zero-order chi connectivity index (χ0) is 19.6. The number of likely N-dealkylation sites (tertiary alicyclic amines) is 1. The van der Waals surface area contributed by atoms with Crippen molar-refractivity contribution < 1.29 is 9.59 Å². The molecule has 2 aromatic rings. The van der Waals surface area contributed by atoms with Crippen molar-refractivity contribution in [2.24, 2.45) is 0 Å². The topological polar surface area (TPSA) is 49.4 Å². The van der Waals surface area contributed by atoms with Gasteiger partial charge in [0.25, 0.3) is 11.8 Å². The summed E-state index contributed by atoms with van der Waals surface area (Å²) >= 11 is 0. The summed E-state index contributed by atoms with van der Waals surface area (Å²) in [4.78, 5) is 27.5. The highest BCUT2D eigenvalue weighted by atomic mass is 16.2. The molecule has 0 radical (unpaired) electrons. The molecule has 0 aliphatic carbocycles. The first-order valence-corrected chi connectivity index (χ1v) is 9.83. The van der Waals surface area contributed by atoms with Gasteiger partial charge < -0.3 is 10.2 Å². The number of nitrogens with one attached hydrogen (secondary N) is 1. The van der Waals surface area contributed by atoms with Crippen LogP contribution in [0.2, 0.25) is 0 Å². The van der Waals surface area contributed by atoms with Gasteiger partial charge in [0, 0.05) is 18.7 Å². The van der Waals surface area contributed by atoms with E-state index in [1.807, 2.05) is 65.6 Å². The molecule has 4 heteroatoms. The number of benzene rings is 2. The van der Waals surface area contributed by atoms with E-state index in [1.165, 1.54) is 0 Å². The van der Waals surface area contributed by atoms with Gasteiger partial charge in [-0.25, -0.2) is 0 Å². The summed E-state index contributed by atoms with van der Waals surface area (Å²) in [6.45, 7) is 1.47. The van der Waals surface area contributed by atoms with E-state index >= 15 is 0 Å². The van der Waals surface area contributed by atoms with Crippen molar-refractivity contribution >= 4 is 17.9 Å². The van der Waals surface area contributed by atoms with E-state index in [0.29, 0.717) is 11.3 Å². The van der Waals surface area contributed by atoms with Gasteiger partial charge in [-0.05, 0) is 36.6 Å². The average Bonchev–Trinajstić information content (AvgIpc) is 3.03. The Balaban J connectivity index is 1.80. The molecule has 0 aromatic heterocycles. The van der Waals surface area contributed by atoms with Gasteiger partial charge in [-0.3, -0.25) is 9.59 Å². The molecule has 0 spiro atoms. The van der Waals surface area contributed by atoms with Crippen LogP contribution in [0.25, 0.3) is 6.08 Å². The summed E-state index contributed by atoms with van der Waals surface area (Å²) in [5.74, 6) is -0.396. The number of hydrogen-bond acceptors (Lipinski definition) is 2. The minimum atomic E-state index is -0.275. The number of amides is 2. The van der Waals surface area contributed by atoms with Crippen LogP contribution in [0.5, 0.6) is 0 Å². The van der Waals surface area contributed by atoms with Crippen LogP contribution >= 0.6 is 0 Å². The second-order valence-electron chi connectivity index (χ2n) is 6.88. The molecule has 4 nitrogen and oxygen atoms in total. The third-order valence-corrected chi connectivity index (χ3v) is 4.76. The minimum absolute atomic E-state index is 0.121. The van der Waals surface area contributed by atoms with Gasteiger partial charge in [-0.15, -0.1) is 0 Å². The van der Waals surface area contributed by atoms with Crippen LogP contribution in [0.4, 0.5) is 0 Å². The van der Waals surface area contributed by atoms with Gasteiger partial charge >= 0.3 is 0 Å². The average molecular weight is 374 g/mol. The largest absolute Gasteiger partial charge is 0.337 e. The molecule has 1 saturated heterocycles.